The lowest BCUT2D eigenvalue weighted by Gasteiger charge is -2.15. The Morgan fingerprint density at radius 3 is 2.12 bits per heavy atom. The molecule has 16 heavy (non-hydrogen) atoms. The maximum atomic E-state index is 2.37. The van der Waals surface area contributed by atoms with Gasteiger partial charge < -0.3 is 0 Å². The van der Waals surface area contributed by atoms with Gasteiger partial charge in [0, 0.05) is 0 Å². The molecule has 2 aromatic rings. The van der Waals surface area contributed by atoms with Crippen molar-refractivity contribution in [2.75, 3.05) is 0 Å². The van der Waals surface area contributed by atoms with E-state index in [0.717, 1.165) is 19.3 Å². The maximum absolute atomic E-state index is 2.37. The lowest BCUT2D eigenvalue weighted by Crippen LogP contribution is -1.99. The monoisotopic (exact) mass is 212 g/mol. The Bertz CT molecular complexity index is 495. The van der Waals surface area contributed by atoms with Crippen LogP contribution in [0.5, 0.6) is 0 Å². The number of aryl methyl sites for hydroxylation is 2. The molecule has 2 aromatic carbocycles. The molecule has 0 aromatic heterocycles. The van der Waals surface area contributed by atoms with E-state index in [1.54, 1.807) is 11.1 Å². The van der Waals surface area contributed by atoms with Crippen molar-refractivity contribution in [2.45, 2.75) is 40.0 Å². The number of fused-ring (bicyclic) bond motifs is 1. The molecule has 0 radical (unpaired) electrons. The molecule has 0 saturated heterocycles. The molecule has 2 rings (SSSR count). The number of rotatable bonds is 3. The average molecular weight is 212 g/mol. The zero-order chi connectivity index (χ0) is 11.5. The van der Waals surface area contributed by atoms with Gasteiger partial charge in [0.05, 0.1) is 0 Å². The lowest BCUT2D eigenvalue weighted by molar-refractivity contribution is 0.993. The van der Waals surface area contributed by atoms with E-state index in [9.17, 15) is 0 Å². The van der Waals surface area contributed by atoms with E-state index in [0.29, 0.717) is 0 Å². The molecule has 0 amide bonds. The zero-order valence-corrected chi connectivity index (χ0v) is 10.5. The third-order valence-electron chi connectivity index (χ3n) is 3.46. The van der Waals surface area contributed by atoms with E-state index in [1.807, 2.05) is 0 Å². The predicted octanol–water partition coefficient (Wildman–Crippen LogP) is 4.53. The van der Waals surface area contributed by atoms with Gasteiger partial charge in [-0.25, -0.2) is 0 Å². The van der Waals surface area contributed by atoms with Crippen molar-refractivity contribution in [1.29, 1.82) is 0 Å². The van der Waals surface area contributed by atoms with Crippen molar-refractivity contribution in [1.82, 2.24) is 0 Å². The number of benzene rings is 2. The van der Waals surface area contributed by atoms with Crippen molar-refractivity contribution >= 4 is 10.8 Å². The van der Waals surface area contributed by atoms with Crippen LogP contribution < -0.4 is 0 Å². The Labute approximate surface area is 98.3 Å². The molecule has 84 valence electrons. The van der Waals surface area contributed by atoms with Crippen LogP contribution in [0.25, 0.3) is 10.8 Å². The summed E-state index contributed by atoms with van der Waals surface area (Å²) in [7, 11) is 0. The maximum Gasteiger partial charge on any atom is -0.0149 e. The quantitative estimate of drug-likeness (QED) is 0.701. The summed E-state index contributed by atoms with van der Waals surface area (Å²) in [4.78, 5) is 0. The van der Waals surface area contributed by atoms with E-state index in [2.05, 4.69) is 51.1 Å². The minimum Gasteiger partial charge on any atom is -0.0616 e. The second kappa shape index (κ2) is 4.69. The average Bonchev–Trinajstić information content (AvgIpc) is 2.36. The molecule has 0 aliphatic carbocycles. The van der Waals surface area contributed by atoms with Crippen LogP contribution in [0.1, 0.15) is 37.5 Å². The summed E-state index contributed by atoms with van der Waals surface area (Å²) in [5.74, 6) is 0. The van der Waals surface area contributed by atoms with E-state index in [1.165, 1.54) is 16.3 Å². The molecule has 0 nitrogen and oxygen atoms in total. The Balaban J connectivity index is 2.82. The Hall–Kier alpha value is -1.30. The van der Waals surface area contributed by atoms with Gasteiger partial charge in [0.25, 0.3) is 0 Å². The molecule has 0 heteroatoms. The fraction of sp³-hybridized carbons (Fsp3) is 0.375. The molecule has 0 saturated carbocycles. The Kier molecular flexibility index (Phi) is 3.28. The van der Waals surface area contributed by atoms with Crippen LogP contribution in [0.4, 0.5) is 0 Å². The van der Waals surface area contributed by atoms with E-state index < -0.39 is 0 Å². The normalized spacial score (nSPS) is 10.9. The van der Waals surface area contributed by atoms with Gasteiger partial charge in [-0.2, -0.15) is 0 Å². The van der Waals surface area contributed by atoms with E-state index in [-0.39, 0.29) is 0 Å². The molecular formula is C16H20. The van der Waals surface area contributed by atoms with Gasteiger partial charge in [0.1, 0.15) is 0 Å². The Morgan fingerprint density at radius 2 is 1.50 bits per heavy atom. The molecule has 0 unspecified atom stereocenters. The third kappa shape index (κ3) is 1.73. The third-order valence-corrected chi connectivity index (χ3v) is 3.46. The fourth-order valence-electron chi connectivity index (χ4n) is 2.69. The van der Waals surface area contributed by atoms with Gasteiger partial charge in [-0.05, 0) is 46.7 Å². The number of hydrogen-bond donors (Lipinski definition) is 0. The van der Waals surface area contributed by atoms with Crippen LogP contribution in [-0.4, -0.2) is 0 Å². The summed E-state index contributed by atoms with van der Waals surface area (Å²) in [6, 6.07) is 11.1. The molecule has 0 heterocycles. The highest BCUT2D eigenvalue weighted by molar-refractivity contribution is 5.87. The van der Waals surface area contributed by atoms with Gasteiger partial charge >= 0.3 is 0 Å². The van der Waals surface area contributed by atoms with Crippen molar-refractivity contribution in [3.63, 3.8) is 0 Å². The highest BCUT2D eigenvalue weighted by Gasteiger charge is 2.08. The number of hydrogen-bond acceptors (Lipinski definition) is 0. The van der Waals surface area contributed by atoms with Crippen LogP contribution in [0.2, 0.25) is 0 Å². The highest BCUT2D eigenvalue weighted by Crippen LogP contribution is 2.27. The molecule has 0 bridgehead atoms. The molecule has 0 N–H and O–H groups in total. The first kappa shape index (κ1) is 11.2. The van der Waals surface area contributed by atoms with E-state index in [4.69, 9.17) is 0 Å². The van der Waals surface area contributed by atoms with Gasteiger partial charge in [-0.15, -0.1) is 0 Å². The van der Waals surface area contributed by atoms with Crippen molar-refractivity contribution in [2.24, 2.45) is 0 Å². The van der Waals surface area contributed by atoms with Gasteiger partial charge in [0.15, 0.2) is 0 Å². The van der Waals surface area contributed by atoms with Gasteiger partial charge in [-0.3, -0.25) is 0 Å². The van der Waals surface area contributed by atoms with Gasteiger partial charge in [-0.1, -0.05) is 51.1 Å². The molecule has 0 aliphatic heterocycles. The summed E-state index contributed by atoms with van der Waals surface area (Å²) >= 11 is 0. The van der Waals surface area contributed by atoms with Crippen molar-refractivity contribution in [3.8, 4) is 0 Å². The van der Waals surface area contributed by atoms with Crippen LogP contribution in [-0.2, 0) is 19.3 Å². The molecule has 0 aliphatic rings. The zero-order valence-electron chi connectivity index (χ0n) is 10.5. The minimum absolute atomic E-state index is 1.14. The summed E-state index contributed by atoms with van der Waals surface area (Å²) in [6.45, 7) is 6.78. The summed E-state index contributed by atoms with van der Waals surface area (Å²) < 4.78 is 0. The SMILES string of the molecule is CCc1cc2ccccc2c(CC)c1CC. The van der Waals surface area contributed by atoms with Crippen LogP contribution >= 0.6 is 0 Å². The smallest absolute Gasteiger partial charge is 0.0149 e. The second-order valence-electron chi connectivity index (χ2n) is 4.27. The van der Waals surface area contributed by atoms with Gasteiger partial charge in [0.2, 0.25) is 0 Å². The summed E-state index contributed by atoms with van der Waals surface area (Å²) in [5, 5.41) is 2.84. The van der Waals surface area contributed by atoms with Crippen LogP contribution in [0.3, 0.4) is 0 Å². The largest absolute Gasteiger partial charge is 0.0616 e. The predicted molar refractivity (Wildman–Crippen MR) is 72.1 cm³/mol. The topological polar surface area (TPSA) is 0 Å². The fourth-order valence-corrected chi connectivity index (χ4v) is 2.69. The molecular weight excluding hydrogens is 192 g/mol. The lowest BCUT2D eigenvalue weighted by atomic mass is 9.90. The van der Waals surface area contributed by atoms with Crippen LogP contribution in [0.15, 0.2) is 30.3 Å². The highest BCUT2D eigenvalue weighted by atomic mass is 14.1. The first-order valence-electron chi connectivity index (χ1n) is 6.34. The van der Waals surface area contributed by atoms with Crippen LogP contribution in [0, 0.1) is 0 Å². The Morgan fingerprint density at radius 1 is 0.812 bits per heavy atom. The minimum atomic E-state index is 1.14. The first-order chi connectivity index (χ1) is 7.81. The van der Waals surface area contributed by atoms with Crippen molar-refractivity contribution < 1.29 is 0 Å². The molecule has 0 spiro atoms. The first-order valence-corrected chi connectivity index (χ1v) is 6.34. The molecule has 0 fully saturated rings. The second-order valence-corrected chi connectivity index (χ2v) is 4.27. The van der Waals surface area contributed by atoms with E-state index >= 15 is 0 Å². The molecule has 0 atom stereocenters. The van der Waals surface area contributed by atoms with Crippen molar-refractivity contribution in [3.05, 3.63) is 47.0 Å². The summed E-state index contributed by atoms with van der Waals surface area (Å²) in [5.41, 5.74) is 4.65. The summed E-state index contributed by atoms with van der Waals surface area (Å²) in [6.07, 6.45) is 3.43. The standard InChI is InChI=1S/C16H20/c1-4-12-11-13-9-7-8-10-16(13)15(6-3)14(12)5-2/h7-11H,4-6H2,1-3H3.